The second-order valence-corrected chi connectivity index (χ2v) is 7.02. The molecule has 3 rings (SSSR count). The number of carbonyl (C=O) groups excluding carboxylic acids is 1. The average Bonchev–Trinajstić information content (AvgIpc) is 3.29. The van der Waals surface area contributed by atoms with Crippen LogP contribution in [0.15, 0.2) is 53.3 Å². The molecular weight excluding hydrogens is 342 g/mol. The maximum atomic E-state index is 12.4. The number of methoxy groups -OCH3 is 1. The molecule has 0 amide bonds. The second-order valence-electron chi connectivity index (χ2n) is 5.05. The molecule has 0 N–H and O–H groups in total. The summed E-state index contributed by atoms with van der Waals surface area (Å²) in [5, 5.41) is 10.9. The van der Waals surface area contributed by atoms with Crippen LogP contribution in [0.3, 0.4) is 0 Å². The molecule has 7 heteroatoms. The topological polar surface area (TPSA) is 57.0 Å². The van der Waals surface area contributed by atoms with Crippen LogP contribution in [0.25, 0.3) is 0 Å². The molecule has 0 saturated heterocycles. The Labute approximate surface area is 148 Å². The van der Waals surface area contributed by atoms with E-state index in [0.717, 1.165) is 18.1 Å². The summed E-state index contributed by atoms with van der Waals surface area (Å²) < 4.78 is 7.23. The lowest BCUT2D eigenvalue weighted by Crippen LogP contribution is -2.07. The van der Waals surface area contributed by atoms with Crippen molar-refractivity contribution in [3.8, 4) is 5.75 Å². The number of carbonyl (C=O) groups is 1. The molecule has 0 spiro atoms. The molecule has 0 atom stereocenters. The summed E-state index contributed by atoms with van der Waals surface area (Å²) in [7, 11) is 1.57. The number of nitrogens with zero attached hydrogens (tertiary/aromatic N) is 3. The molecule has 0 aliphatic heterocycles. The van der Waals surface area contributed by atoms with Gasteiger partial charge in [0.1, 0.15) is 12.1 Å². The van der Waals surface area contributed by atoms with Gasteiger partial charge in [0.15, 0.2) is 10.9 Å². The number of thiophene rings is 1. The van der Waals surface area contributed by atoms with E-state index in [-0.39, 0.29) is 5.78 Å². The van der Waals surface area contributed by atoms with E-state index in [2.05, 4.69) is 21.6 Å². The molecule has 0 bridgehead atoms. The molecule has 0 saturated carbocycles. The smallest absolute Gasteiger partial charge is 0.191 e. The van der Waals surface area contributed by atoms with Crippen molar-refractivity contribution in [1.29, 1.82) is 0 Å². The Morgan fingerprint density at radius 2 is 2.17 bits per heavy atom. The van der Waals surface area contributed by atoms with Gasteiger partial charge in [-0.3, -0.25) is 4.79 Å². The number of para-hydroxylation sites is 1. The van der Waals surface area contributed by atoms with Crippen molar-refractivity contribution in [2.24, 2.45) is 0 Å². The fourth-order valence-electron chi connectivity index (χ4n) is 2.28. The van der Waals surface area contributed by atoms with E-state index in [9.17, 15) is 4.79 Å². The zero-order valence-corrected chi connectivity index (χ0v) is 14.8. The molecule has 0 fully saturated rings. The summed E-state index contributed by atoms with van der Waals surface area (Å²) in [6.07, 6.45) is 2.65. The van der Waals surface area contributed by atoms with Gasteiger partial charge < -0.3 is 9.30 Å². The molecule has 124 valence electrons. The lowest BCUT2D eigenvalue weighted by Gasteiger charge is -2.07. The van der Waals surface area contributed by atoms with Crippen LogP contribution in [0.1, 0.15) is 15.2 Å². The van der Waals surface area contributed by atoms with Crippen molar-refractivity contribution in [1.82, 2.24) is 14.8 Å². The van der Waals surface area contributed by atoms with Gasteiger partial charge in [-0.05, 0) is 30.0 Å². The second kappa shape index (κ2) is 8.12. The van der Waals surface area contributed by atoms with E-state index >= 15 is 0 Å². The molecule has 3 aromatic rings. The molecular formula is C17H17N3O2S2. The Kier molecular flexibility index (Phi) is 5.66. The number of aromatic nitrogens is 3. The minimum Gasteiger partial charge on any atom is -0.496 e. The fraction of sp³-hybridized carbons (Fsp3) is 0.235. The van der Waals surface area contributed by atoms with Gasteiger partial charge in [-0.25, -0.2) is 0 Å². The monoisotopic (exact) mass is 359 g/mol. The first-order chi connectivity index (χ1) is 11.8. The average molecular weight is 359 g/mol. The minimum atomic E-state index is 0.0188. The third-order valence-corrected chi connectivity index (χ3v) is 5.42. The Hall–Kier alpha value is -2.12. The van der Waals surface area contributed by atoms with Crippen LogP contribution in [-0.4, -0.2) is 33.4 Å². The van der Waals surface area contributed by atoms with Gasteiger partial charge in [0.2, 0.25) is 0 Å². The number of rotatable bonds is 8. The standard InChI is InChI=1S/C17H17N3O2S2/c1-22-16-7-3-2-6-14(16)15(21)11-24-17-19-18-12-20(17)9-8-13-5-4-10-23-13/h2-7,10,12H,8-9,11H2,1H3. The minimum absolute atomic E-state index is 0.0188. The Balaban J connectivity index is 1.60. The summed E-state index contributed by atoms with van der Waals surface area (Å²) in [5.74, 6) is 0.922. The van der Waals surface area contributed by atoms with Crippen LogP contribution in [0, 0.1) is 0 Å². The normalized spacial score (nSPS) is 10.7. The lowest BCUT2D eigenvalue weighted by molar-refractivity contribution is 0.101. The van der Waals surface area contributed by atoms with Gasteiger partial charge in [-0.1, -0.05) is 30.0 Å². The van der Waals surface area contributed by atoms with E-state index in [1.807, 2.05) is 22.8 Å². The number of ketones is 1. The number of thioether (sulfide) groups is 1. The van der Waals surface area contributed by atoms with Crippen molar-refractivity contribution < 1.29 is 9.53 Å². The van der Waals surface area contributed by atoms with Crippen molar-refractivity contribution in [2.75, 3.05) is 12.9 Å². The molecule has 0 aliphatic carbocycles. The third-order valence-electron chi connectivity index (χ3n) is 3.50. The largest absolute Gasteiger partial charge is 0.496 e. The Bertz CT molecular complexity index is 800. The maximum Gasteiger partial charge on any atom is 0.191 e. The van der Waals surface area contributed by atoms with Gasteiger partial charge in [-0.2, -0.15) is 0 Å². The van der Waals surface area contributed by atoms with Crippen LogP contribution in [0.4, 0.5) is 0 Å². The first-order valence-electron chi connectivity index (χ1n) is 7.47. The molecule has 0 radical (unpaired) electrons. The summed E-state index contributed by atoms with van der Waals surface area (Å²) in [6, 6.07) is 11.4. The highest BCUT2D eigenvalue weighted by molar-refractivity contribution is 7.99. The number of hydrogen-bond donors (Lipinski definition) is 0. The van der Waals surface area contributed by atoms with E-state index in [0.29, 0.717) is 17.1 Å². The predicted molar refractivity (Wildman–Crippen MR) is 96.1 cm³/mol. The van der Waals surface area contributed by atoms with E-state index in [4.69, 9.17) is 4.74 Å². The summed E-state index contributed by atoms with van der Waals surface area (Å²) >= 11 is 3.14. The highest BCUT2D eigenvalue weighted by atomic mass is 32.2. The molecule has 2 aromatic heterocycles. The summed E-state index contributed by atoms with van der Waals surface area (Å²) in [5.41, 5.74) is 0.595. The molecule has 2 heterocycles. The van der Waals surface area contributed by atoms with Crippen molar-refractivity contribution in [3.05, 3.63) is 58.5 Å². The first-order valence-corrected chi connectivity index (χ1v) is 9.33. The summed E-state index contributed by atoms with van der Waals surface area (Å²) in [4.78, 5) is 13.7. The Morgan fingerprint density at radius 1 is 1.29 bits per heavy atom. The van der Waals surface area contributed by atoms with Gasteiger partial charge in [0.05, 0.1) is 18.4 Å². The third kappa shape index (κ3) is 4.04. The molecule has 0 aliphatic rings. The lowest BCUT2D eigenvalue weighted by atomic mass is 10.1. The van der Waals surface area contributed by atoms with Crippen LogP contribution < -0.4 is 4.74 Å². The predicted octanol–water partition coefficient (Wildman–Crippen LogP) is 3.57. The number of aryl methyl sites for hydroxylation is 2. The van der Waals surface area contributed by atoms with E-state index in [1.165, 1.54) is 16.6 Å². The molecule has 0 unspecified atom stereocenters. The molecule has 1 aromatic carbocycles. The van der Waals surface area contributed by atoms with Crippen molar-refractivity contribution >= 4 is 28.9 Å². The van der Waals surface area contributed by atoms with E-state index < -0.39 is 0 Å². The first kappa shape index (κ1) is 16.7. The molecule has 24 heavy (non-hydrogen) atoms. The van der Waals surface area contributed by atoms with Gasteiger partial charge >= 0.3 is 0 Å². The van der Waals surface area contributed by atoms with Gasteiger partial charge in [0.25, 0.3) is 0 Å². The Morgan fingerprint density at radius 3 is 2.96 bits per heavy atom. The fourth-order valence-corrected chi connectivity index (χ4v) is 3.80. The zero-order chi connectivity index (χ0) is 16.8. The van der Waals surface area contributed by atoms with Crippen LogP contribution in [0.5, 0.6) is 5.75 Å². The van der Waals surface area contributed by atoms with E-state index in [1.54, 1.807) is 36.9 Å². The number of hydrogen-bond acceptors (Lipinski definition) is 6. The van der Waals surface area contributed by atoms with Gasteiger partial charge in [-0.15, -0.1) is 21.5 Å². The zero-order valence-electron chi connectivity index (χ0n) is 13.2. The quantitative estimate of drug-likeness (QED) is 0.455. The van der Waals surface area contributed by atoms with Crippen molar-refractivity contribution in [2.45, 2.75) is 18.1 Å². The van der Waals surface area contributed by atoms with Crippen LogP contribution >= 0.6 is 23.1 Å². The SMILES string of the molecule is COc1ccccc1C(=O)CSc1nncn1CCc1cccs1. The van der Waals surface area contributed by atoms with Crippen LogP contribution in [-0.2, 0) is 13.0 Å². The number of benzene rings is 1. The van der Waals surface area contributed by atoms with Crippen LogP contribution in [0.2, 0.25) is 0 Å². The number of Topliss-reactive ketones (excluding diaryl/α,β-unsaturated/α-hetero) is 1. The molecule has 5 nitrogen and oxygen atoms in total. The van der Waals surface area contributed by atoms with Crippen molar-refractivity contribution in [3.63, 3.8) is 0 Å². The van der Waals surface area contributed by atoms with Gasteiger partial charge in [0, 0.05) is 11.4 Å². The number of ether oxygens (including phenoxy) is 1. The highest BCUT2D eigenvalue weighted by Crippen LogP contribution is 2.22. The maximum absolute atomic E-state index is 12.4. The summed E-state index contributed by atoms with van der Waals surface area (Å²) in [6.45, 7) is 0.804. The highest BCUT2D eigenvalue weighted by Gasteiger charge is 2.14.